The van der Waals surface area contributed by atoms with Gasteiger partial charge in [0, 0.05) is 30.4 Å². The number of carbonyl (C=O) groups excluding carboxylic acids is 1. The number of aromatic nitrogens is 2. The van der Waals surface area contributed by atoms with Crippen molar-refractivity contribution in [3.05, 3.63) is 23.0 Å². The molecule has 2 heterocycles. The number of hydrogen-bond acceptors (Lipinski definition) is 4. The van der Waals surface area contributed by atoms with Crippen LogP contribution in [-0.4, -0.2) is 45.0 Å². The number of fused-ring (bicyclic) bond motifs is 1. The first kappa shape index (κ1) is 13.0. The first-order valence-corrected chi connectivity index (χ1v) is 6.84. The van der Waals surface area contributed by atoms with E-state index in [1.54, 1.807) is 16.2 Å². The maximum atomic E-state index is 12.1. The largest absolute Gasteiger partial charge is 0.395 e. The minimum absolute atomic E-state index is 0.00279. The van der Waals surface area contributed by atoms with Crippen LogP contribution < -0.4 is 0 Å². The average molecular weight is 267 g/mol. The fourth-order valence-corrected chi connectivity index (χ4v) is 2.83. The third kappa shape index (κ3) is 2.54. The van der Waals surface area contributed by atoms with E-state index in [4.69, 9.17) is 5.11 Å². The van der Waals surface area contributed by atoms with Crippen molar-refractivity contribution in [2.24, 2.45) is 0 Å². The molecule has 6 heteroatoms. The van der Waals surface area contributed by atoms with Crippen LogP contribution in [0.15, 0.2) is 11.6 Å². The molecule has 98 valence electrons. The molecule has 0 bridgehead atoms. The van der Waals surface area contributed by atoms with E-state index in [1.807, 2.05) is 29.8 Å². The fraction of sp³-hybridized carbons (Fsp3) is 0.500. The molecule has 0 aliphatic rings. The lowest BCUT2D eigenvalue weighted by atomic mass is 10.3. The number of rotatable bonds is 5. The molecule has 0 aliphatic heterocycles. The molecule has 18 heavy (non-hydrogen) atoms. The highest BCUT2D eigenvalue weighted by molar-refractivity contribution is 7.15. The zero-order valence-corrected chi connectivity index (χ0v) is 11.4. The molecule has 0 saturated heterocycles. The smallest absolute Gasteiger partial charge is 0.228 e. The number of imidazole rings is 1. The monoisotopic (exact) mass is 267 g/mol. The lowest BCUT2D eigenvalue weighted by Gasteiger charge is -2.19. The van der Waals surface area contributed by atoms with Crippen molar-refractivity contribution < 1.29 is 9.90 Å². The number of hydrogen-bond donors (Lipinski definition) is 1. The van der Waals surface area contributed by atoms with Crippen LogP contribution in [0.3, 0.4) is 0 Å². The summed E-state index contributed by atoms with van der Waals surface area (Å²) in [5.41, 5.74) is 1.91. The molecule has 0 radical (unpaired) electrons. The van der Waals surface area contributed by atoms with Gasteiger partial charge in [-0.25, -0.2) is 4.98 Å². The highest BCUT2D eigenvalue weighted by atomic mass is 32.1. The highest BCUT2D eigenvalue weighted by Crippen LogP contribution is 2.17. The number of thiazole rings is 1. The standard InChI is InChI=1S/C12H17N3O2S/c1-3-14(4-5-16)11(17)6-10-8-18-12-13-9(2)7-15(10)12/h7-8,16H,3-6H2,1-2H3. The van der Waals surface area contributed by atoms with Crippen LogP contribution in [0.4, 0.5) is 0 Å². The summed E-state index contributed by atoms with van der Waals surface area (Å²) in [4.78, 5) is 19.0. The number of nitrogens with zero attached hydrogens (tertiary/aromatic N) is 3. The number of amides is 1. The molecule has 2 aromatic rings. The van der Waals surface area contributed by atoms with E-state index in [0.29, 0.717) is 19.5 Å². The van der Waals surface area contributed by atoms with Crippen molar-refractivity contribution in [3.8, 4) is 0 Å². The molecule has 2 rings (SSSR count). The predicted molar refractivity (Wildman–Crippen MR) is 70.8 cm³/mol. The third-order valence-electron chi connectivity index (χ3n) is 2.84. The maximum absolute atomic E-state index is 12.1. The Kier molecular flexibility index (Phi) is 3.98. The van der Waals surface area contributed by atoms with Crippen LogP contribution in [0.1, 0.15) is 18.3 Å². The summed E-state index contributed by atoms with van der Waals surface area (Å²) < 4.78 is 1.96. The van der Waals surface area contributed by atoms with Crippen LogP contribution in [0.25, 0.3) is 4.96 Å². The second-order valence-electron chi connectivity index (χ2n) is 4.14. The van der Waals surface area contributed by atoms with Gasteiger partial charge in [-0.15, -0.1) is 11.3 Å². The summed E-state index contributed by atoms with van der Waals surface area (Å²) in [6, 6.07) is 0. The fourth-order valence-electron chi connectivity index (χ4n) is 1.92. The van der Waals surface area contributed by atoms with Gasteiger partial charge in [-0.1, -0.05) is 0 Å². The van der Waals surface area contributed by atoms with Crippen molar-refractivity contribution in [1.29, 1.82) is 0 Å². The van der Waals surface area contributed by atoms with Gasteiger partial charge in [0.1, 0.15) is 0 Å². The molecule has 1 amide bonds. The van der Waals surface area contributed by atoms with Crippen molar-refractivity contribution in [2.45, 2.75) is 20.3 Å². The van der Waals surface area contributed by atoms with E-state index in [-0.39, 0.29) is 12.5 Å². The molecule has 1 N–H and O–H groups in total. The number of aliphatic hydroxyl groups is 1. The molecule has 0 spiro atoms. The summed E-state index contributed by atoms with van der Waals surface area (Å²) in [6.07, 6.45) is 2.29. The summed E-state index contributed by atoms with van der Waals surface area (Å²) in [7, 11) is 0. The van der Waals surface area contributed by atoms with E-state index < -0.39 is 0 Å². The molecular weight excluding hydrogens is 250 g/mol. The summed E-state index contributed by atoms with van der Waals surface area (Å²) >= 11 is 1.54. The molecular formula is C12H17N3O2S. The van der Waals surface area contributed by atoms with Gasteiger partial charge in [0.15, 0.2) is 4.96 Å². The van der Waals surface area contributed by atoms with Crippen molar-refractivity contribution in [1.82, 2.24) is 14.3 Å². The normalized spacial score (nSPS) is 11.1. The van der Waals surface area contributed by atoms with Crippen LogP contribution in [0.5, 0.6) is 0 Å². The number of carbonyl (C=O) groups is 1. The zero-order chi connectivity index (χ0) is 13.1. The minimum Gasteiger partial charge on any atom is -0.395 e. The lowest BCUT2D eigenvalue weighted by molar-refractivity contribution is -0.130. The quantitative estimate of drug-likeness (QED) is 0.882. The van der Waals surface area contributed by atoms with Crippen LogP contribution in [-0.2, 0) is 11.2 Å². The topological polar surface area (TPSA) is 57.8 Å². The lowest BCUT2D eigenvalue weighted by Crippen LogP contribution is -2.34. The van der Waals surface area contributed by atoms with Crippen molar-refractivity contribution in [3.63, 3.8) is 0 Å². The Morgan fingerprint density at radius 3 is 3.06 bits per heavy atom. The van der Waals surface area contributed by atoms with E-state index in [9.17, 15) is 4.79 Å². The molecule has 0 aromatic carbocycles. The van der Waals surface area contributed by atoms with Gasteiger partial charge in [0.05, 0.1) is 18.7 Å². The Hall–Kier alpha value is -1.40. The van der Waals surface area contributed by atoms with Gasteiger partial charge in [0.25, 0.3) is 0 Å². The Balaban J connectivity index is 2.15. The number of likely N-dealkylation sites (N-methyl/N-ethyl adjacent to an activating group) is 1. The van der Waals surface area contributed by atoms with Crippen LogP contribution >= 0.6 is 11.3 Å². The Bertz CT molecular complexity index is 547. The Morgan fingerprint density at radius 2 is 2.39 bits per heavy atom. The number of aliphatic hydroxyl groups excluding tert-OH is 1. The van der Waals surface area contributed by atoms with Crippen LogP contribution in [0.2, 0.25) is 0 Å². The maximum Gasteiger partial charge on any atom is 0.228 e. The van der Waals surface area contributed by atoms with E-state index in [2.05, 4.69) is 4.98 Å². The molecule has 0 saturated carbocycles. The Labute approximate surface area is 110 Å². The molecule has 0 unspecified atom stereocenters. The first-order valence-electron chi connectivity index (χ1n) is 5.96. The minimum atomic E-state index is 0.00279. The highest BCUT2D eigenvalue weighted by Gasteiger charge is 2.15. The van der Waals surface area contributed by atoms with Gasteiger partial charge in [-0.2, -0.15) is 0 Å². The first-order chi connectivity index (χ1) is 8.65. The van der Waals surface area contributed by atoms with E-state index in [0.717, 1.165) is 16.3 Å². The van der Waals surface area contributed by atoms with Gasteiger partial charge >= 0.3 is 0 Å². The zero-order valence-electron chi connectivity index (χ0n) is 10.6. The summed E-state index contributed by atoms with van der Waals surface area (Å²) in [5, 5.41) is 10.9. The summed E-state index contributed by atoms with van der Waals surface area (Å²) in [5.74, 6) is 0.0394. The summed E-state index contributed by atoms with van der Waals surface area (Å²) in [6.45, 7) is 4.87. The van der Waals surface area contributed by atoms with Crippen molar-refractivity contribution >= 4 is 22.2 Å². The second kappa shape index (κ2) is 5.49. The van der Waals surface area contributed by atoms with Gasteiger partial charge in [0.2, 0.25) is 5.91 Å². The SMILES string of the molecule is CCN(CCO)C(=O)Cc1csc2nc(C)cn12. The molecule has 0 aliphatic carbocycles. The molecule has 2 aromatic heterocycles. The van der Waals surface area contributed by atoms with E-state index in [1.165, 1.54) is 0 Å². The number of aryl methyl sites for hydroxylation is 1. The predicted octanol–water partition coefficient (Wildman–Crippen LogP) is 1.09. The second-order valence-corrected chi connectivity index (χ2v) is 4.97. The van der Waals surface area contributed by atoms with Crippen LogP contribution in [0, 0.1) is 6.92 Å². The van der Waals surface area contributed by atoms with Crippen molar-refractivity contribution in [2.75, 3.05) is 19.7 Å². The average Bonchev–Trinajstić information content (AvgIpc) is 2.87. The van der Waals surface area contributed by atoms with Gasteiger partial charge < -0.3 is 10.0 Å². The molecule has 5 nitrogen and oxygen atoms in total. The van der Waals surface area contributed by atoms with Gasteiger partial charge in [-0.05, 0) is 13.8 Å². The Morgan fingerprint density at radius 1 is 1.61 bits per heavy atom. The molecule has 0 atom stereocenters. The third-order valence-corrected chi connectivity index (χ3v) is 3.73. The van der Waals surface area contributed by atoms with E-state index >= 15 is 0 Å². The molecule has 0 fully saturated rings. The van der Waals surface area contributed by atoms with Gasteiger partial charge in [-0.3, -0.25) is 9.20 Å².